The van der Waals surface area contributed by atoms with E-state index in [1.807, 2.05) is 131 Å². The van der Waals surface area contributed by atoms with Crippen LogP contribution in [0.1, 0.15) is 173 Å². The number of carbonyl (C=O) groups excluding carboxylic acids is 8. The van der Waals surface area contributed by atoms with Crippen molar-refractivity contribution >= 4 is 99.7 Å². The SMILES string of the molecule is CCCC[C@@H](N)CN(O)C=O.CCCC[C@H](CN(C=O)OCc1ccccc1)C(=O)O.CCCC[C@H](CN(C=O)OCc1ccccc1)NC(=O)OCc1ccccc1.CCCC[C@H](CN(O)C=O)NC(=O)C1CN(CC)c2cc3c(cc2C1=O)OCO3.CCn1cc(C(=O)Cl)c(=O)c2cc3c(cc21)OCO3.CCn1cc(C(=O)O)c(=O)c2cc3c(cc21)OCO3. The van der Waals surface area contributed by atoms with Gasteiger partial charge in [0.15, 0.2) is 40.3 Å². The van der Waals surface area contributed by atoms with E-state index in [9.17, 15) is 62.7 Å². The molecule has 8 N–H and O–H groups in total. The number of nitrogens with one attached hydrogen (secondary N) is 2. The Morgan fingerprint density at radius 3 is 1.38 bits per heavy atom. The van der Waals surface area contributed by atoms with Crippen molar-refractivity contribution in [1.82, 2.24) is 40.0 Å². The molecular formula is C90H113ClN10O25. The van der Waals surface area contributed by atoms with Gasteiger partial charge in [-0.1, -0.05) is 170 Å². The Kier molecular flexibility index (Phi) is 42.1. The zero-order valence-electron chi connectivity index (χ0n) is 71.8. The van der Waals surface area contributed by atoms with E-state index in [4.69, 9.17) is 75.6 Å². The fourth-order valence-corrected chi connectivity index (χ4v) is 13.5. The molecule has 0 spiro atoms. The number of hydrogen-bond donors (Lipinski definition) is 7. The van der Waals surface area contributed by atoms with Gasteiger partial charge in [0.05, 0.1) is 71.2 Å². The molecule has 1 unspecified atom stereocenters. The molecule has 0 bridgehead atoms. The Balaban J connectivity index is 0.000000212. The van der Waals surface area contributed by atoms with Crippen molar-refractivity contribution in [3.8, 4) is 34.5 Å². The number of nitrogens with zero attached hydrogens (tertiary/aromatic N) is 7. The van der Waals surface area contributed by atoms with Crippen molar-refractivity contribution < 1.29 is 111 Å². The fraction of sp³-hybridized carbons (Fsp3) is 0.422. The average Bonchev–Trinajstić information content (AvgIpc) is 1.42. The van der Waals surface area contributed by atoms with Crippen molar-refractivity contribution in [1.29, 1.82) is 0 Å². The number of fused-ring (bicyclic) bond motifs is 6. The van der Waals surface area contributed by atoms with Crippen LogP contribution in [0.15, 0.2) is 149 Å². The monoisotopic (exact) mass is 1770 g/mol. The van der Waals surface area contributed by atoms with Crippen molar-refractivity contribution in [2.24, 2.45) is 17.6 Å². The van der Waals surface area contributed by atoms with E-state index in [0.717, 1.165) is 91.6 Å². The number of hydrogen-bond acceptors (Lipinski definition) is 25. The standard InChI is InChI=1S/C22H28N2O4.C20H27N3O6.C15H21NO4.C13H10ClNO4.C13H11NO5.C7H16N2O2/c1-2-3-14-21(23-22(26)27-16-19-10-6-4-7-11-19)15-24(18-25)28-17-20-12-8-5-9-13-20;1-3-5-6-13(9-23(27)11-24)21-20(26)15-10-22(4-2)16-8-18-17(28-12-29-18)7-14(16)19(15)25;1-2-3-9-14(15(18)19)10-16(12-17)20-11-13-7-5-4-6-8-13;1-2-15-5-8(13(14)17)12(16)7-3-10-11(4-9(7)15)19-6-18-10;1-2-14-5-8(13(16)17)12(15)7-3-10-11(4-9(7)14)19-6-18-10;1-2-3-4-7(8)5-9(11)6-10/h4-13,18,21H,2-3,14-17H2,1H3,(H,23,26);7-8,11,13,15,27H,3-6,9-10,12H2,1-2H3,(H,21,26);4-8,12,14H,2-3,9-11H2,1H3,(H,18,19);3-5H,2,6H2,1H3;3-5H,2,6H2,1H3,(H,16,17);6-7,11H,2-5,8H2,1H3/t21-;13-,15?;14-;;;7-/m111..1/s1. The lowest BCUT2D eigenvalue weighted by Crippen LogP contribution is -2.51. The van der Waals surface area contributed by atoms with Crippen LogP contribution < -0.4 is 60.5 Å². The highest BCUT2D eigenvalue weighted by molar-refractivity contribution is 6.67. The number of ether oxygens (including phenoxy) is 7. The van der Waals surface area contributed by atoms with Gasteiger partial charge in [0, 0.05) is 74.4 Å². The predicted octanol–water partition coefficient (Wildman–Crippen LogP) is 12.0. The van der Waals surface area contributed by atoms with Crippen LogP contribution in [-0.2, 0) is 76.1 Å². The number of amides is 6. The number of halogens is 1. The van der Waals surface area contributed by atoms with E-state index in [0.29, 0.717) is 137 Å². The maximum atomic E-state index is 13.1. The van der Waals surface area contributed by atoms with Crippen molar-refractivity contribution in [3.63, 3.8) is 0 Å². The number of benzene rings is 6. The number of ketones is 1. The maximum absolute atomic E-state index is 13.1. The van der Waals surface area contributed by atoms with Crippen LogP contribution in [0.25, 0.3) is 21.8 Å². The molecule has 6 heterocycles. The summed E-state index contributed by atoms with van der Waals surface area (Å²) in [7, 11) is 0. The van der Waals surface area contributed by atoms with E-state index in [1.165, 1.54) is 17.5 Å². The zero-order valence-corrected chi connectivity index (χ0v) is 72.6. The number of aryl methyl sites for hydroxylation is 2. The maximum Gasteiger partial charge on any atom is 0.407 e. The molecule has 2 aromatic heterocycles. The molecule has 35 nitrogen and oxygen atoms in total. The summed E-state index contributed by atoms with van der Waals surface area (Å²) in [4.78, 5) is 152. The lowest BCUT2D eigenvalue weighted by molar-refractivity contribution is -0.184. The predicted molar refractivity (Wildman–Crippen MR) is 465 cm³/mol. The number of anilines is 1. The Bertz CT molecular complexity index is 4880. The van der Waals surface area contributed by atoms with Gasteiger partial charge in [-0.2, -0.15) is 0 Å². The van der Waals surface area contributed by atoms with Crippen LogP contribution in [-0.4, -0.2) is 188 Å². The summed E-state index contributed by atoms with van der Waals surface area (Å²) in [5.41, 5.74) is 9.72. The molecule has 6 amide bonds. The smallest absolute Gasteiger partial charge is 0.407 e. The van der Waals surface area contributed by atoms with Crippen LogP contribution in [0.5, 0.6) is 34.5 Å². The average molecular weight is 1770 g/mol. The number of alkyl carbamates (subject to hydrolysis) is 1. The second-order valence-electron chi connectivity index (χ2n) is 29.4. The topological polar surface area (TPSA) is 445 Å². The molecule has 680 valence electrons. The normalized spacial score (nSPS) is 13.6. The van der Waals surface area contributed by atoms with Gasteiger partial charge in [-0.25, -0.2) is 29.8 Å². The molecule has 0 aliphatic carbocycles. The second kappa shape index (κ2) is 52.8. The minimum Gasteiger partial charge on any atom is -0.481 e. The molecule has 12 rings (SSSR count). The molecule has 0 radical (unpaired) electrons. The van der Waals surface area contributed by atoms with E-state index < -0.39 is 57.9 Å². The highest BCUT2D eigenvalue weighted by atomic mass is 35.5. The fourth-order valence-electron chi connectivity index (χ4n) is 13.4. The molecule has 4 aliphatic heterocycles. The van der Waals surface area contributed by atoms with Crippen molar-refractivity contribution in [2.75, 3.05) is 64.5 Å². The molecule has 0 saturated heterocycles. The number of rotatable bonds is 41. The number of nitrogens with two attached hydrogens (primary N) is 1. The quantitative estimate of drug-likeness (QED) is 0.00615. The van der Waals surface area contributed by atoms with Crippen molar-refractivity contribution in [2.45, 2.75) is 177 Å². The van der Waals surface area contributed by atoms with E-state index in [-0.39, 0.29) is 95.3 Å². The first-order valence-electron chi connectivity index (χ1n) is 41.7. The third-order valence-electron chi connectivity index (χ3n) is 20.3. The molecule has 36 heteroatoms. The summed E-state index contributed by atoms with van der Waals surface area (Å²) in [6, 6.07) is 37.7. The number of aromatic carboxylic acids is 1. The van der Waals surface area contributed by atoms with Crippen LogP contribution in [0.2, 0.25) is 0 Å². The van der Waals surface area contributed by atoms with Crippen LogP contribution in [0.4, 0.5) is 10.5 Å². The molecule has 0 fully saturated rings. The van der Waals surface area contributed by atoms with Gasteiger partial charge in [-0.05, 0) is 92.9 Å². The Labute approximate surface area is 734 Å². The number of carbonyl (C=O) groups is 10. The van der Waals surface area contributed by atoms with Crippen molar-refractivity contribution in [3.05, 3.63) is 194 Å². The summed E-state index contributed by atoms with van der Waals surface area (Å²) in [6.45, 7) is 17.6. The lowest BCUT2D eigenvalue weighted by Gasteiger charge is -2.34. The Morgan fingerprint density at radius 2 is 0.937 bits per heavy atom. The summed E-state index contributed by atoms with van der Waals surface area (Å²) in [6.07, 6.45) is 14.4. The highest BCUT2D eigenvalue weighted by Crippen LogP contribution is 2.42. The number of unbranched alkanes of at least 4 members (excludes halogenated alkanes) is 4. The van der Waals surface area contributed by atoms with E-state index in [2.05, 4.69) is 24.5 Å². The van der Waals surface area contributed by atoms with Gasteiger partial charge in [0.2, 0.25) is 62.8 Å². The number of carboxylic acid groups (broad SMARTS) is 2. The third kappa shape index (κ3) is 30.6. The van der Waals surface area contributed by atoms with E-state index in [1.54, 1.807) is 45.5 Å². The lowest BCUT2D eigenvalue weighted by atomic mass is 9.89. The second-order valence-corrected chi connectivity index (χ2v) is 29.7. The summed E-state index contributed by atoms with van der Waals surface area (Å²) in [5, 5.41) is 45.5. The summed E-state index contributed by atoms with van der Waals surface area (Å²) < 4.78 is 40.6. The largest absolute Gasteiger partial charge is 0.481 e. The summed E-state index contributed by atoms with van der Waals surface area (Å²) >= 11 is 5.45. The van der Waals surface area contributed by atoms with Gasteiger partial charge in [0.25, 0.3) is 5.24 Å². The van der Waals surface area contributed by atoms with Crippen LogP contribution in [0, 0.1) is 11.8 Å². The van der Waals surface area contributed by atoms with Crippen LogP contribution in [0.3, 0.4) is 0 Å². The first-order valence-corrected chi connectivity index (χ1v) is 42.1. The molecular weight excluding hydrogens is 1660 g/mol. The van der Waals surface area contributed by atoms with Gasteiger partial charge in [-0.15, -0.1) is 0 Å². The minimum absolute atomic E-state index is 0.0249. The minimum atomic E-state index is -1.23. The van der Waals surface area contributed by atoms with Gasteiger partial charge >= 0.3 is 18.0 Å². The third-order valence-corrected chi connectivity index (χ3v) is 20.5. The summed E-state index contributed by atoms with van der Waals surface area (Å²) in [5.74, 6) is -1.04. The Morgan fingerprint density at radius 1 is 0.516 bits per heavy atom. The number of carboxylic acids is 2. The number of hydroxylamine groups is 8. The first-order chi connectivity index (χ1) is 60.8. The van der Waals surface area contributed by atoms with Gasteiger partial charge < -0.3 is 73.8 Å². The molecule has 5 atom stereocenters. The van der Waals surface area contributed by atoms with Crippen LogP contribution >= 0.6 is 11.6 Å². The number of Topliss-reactive ketones (excluding diaryl/α,β-unsaturated/α-hetero) is 1. The zero-order chi connectivity index (χ0) is 91.6. The first kappa shape index (κ1) is 100. The Hall–Kier alpha value is -12.7. The number of pyridine rings is 2. The highest BCUT2D eigenvalue weighted by Gasteiger charge is 2.39. The molecule has 126 heavy (non-hydrogen) atoms. The molecule has 6 aromatic carbocycles. The van der Waals surface area contributed by atoms with Gasteiger partial charge in [0.1, 0.15) is 31.3 Å². The van der Waals surface area contributed by atoms with E-state index >= 15 is 0 Å². The molecule has 0 saturated carbocycles. The molecule has 4 aliphatic rings. The number of aliphatic carboxylic acids is 1. The molecule has 8 aromatic rings. The number of aromatic nitrogens is 2. The van der Waals surface area contributed by atoms with Gasteiger partial charge in [-0.3, -0.25) is 68.0 Å².